The largest absolute Gasteiger partial charge is 0.497 e. The molecular weight excluding hydrogens is 358 g/mol. The van der Waals surface area contributed by atoms with Crippen LogP contribution in [-0.4, -0.2) is 29.0 Å². The number of ketones is 1. The fraction of sp³-hybridized carbons (Fsp3) is 0.238. The van der Waals surface area contributed by atoms with Crippen molar-refractivity contribution in [1.29, 1.82) is 0 Å². The maximum atomic E-state index is 12.2. The summed E-state index contributed by atoms with van der Waals surface area (Å²) in [5.41, 5.74) is 2.28. The molecule has 1 heterocycles. The fourth-order valence-electron chi connectivity index (χ4n) is 2.71. The molecule has 7 heteroatoms. The average Bonchev–Trinajstić information content (AvgIpc) is 3.20. The highest BCUT2D eigenvalue weighted by Crippen LogP contribution is 2.22. The number of ether oxygens (including phenoxy) is 1. The monoisotopic (exact) mass is 379 g/mol. The number of aryl methyl sites for hydroxylation is 1. The molecule has 0 saturated carbocycles. The van der Waals surface area contributed by atoms with Crippen molar-refractivity contribution in [2.24, 2.45) is 0 Å². The molecule has 0 spiro atoms. The number of carbonyl (C=O) groups excluding carboxylic acids is 2. The summed E-state index contributed by atoms with van der Waals surface area (Å²) in [7, 11) is 1.58. The molecule has 0 aliphatic carbocycles. The second-order valence-electron chi connectivity index (χ2n) is 6.25. The first-order valence-corrected chi connectivity index (χ1v) is 8.89. The Morgan fingerprint density at radius 3 is 2.68 bits per heavy atom. The lowest BCUT2D eigenvalue weighted by Gasteiger charge is -2.05. The van der Waals surface area contributed by atoms with Gasteiger partial charge in [0.15, 0.2) is 5.78 Å². The van der Waals surface area contributed by atoms with E-state index < -0.39 is 0 Å². The first-order chi connectivity index (χ1) is 13.6. The van der Waals surface area contributed by atoms with E-state index in [2.05, 4.69) is 15.5 Å². The van der Waals surface area contributed by atoms with Crippen LogP contribution in [0.2, 0.25) is 0 Å². The second kappa shape index (κ2) is 8.94. The summed E-state index contributed by atoms with van der Waals surface area (Å²) >= 11 is 0. The smallest absolute Gasteiger partial charge is 0.247 e. The van der Waals surface area contributed by atoms with E-state index in [1.54, 1.807) is 19.2 Å². The van der Waals surface area contributed by atoms with Gasteiger partial charge in [0, 0.05) is 24.0 Å². The van der Waals surface area contributed by atoms with Gasteiger partial charge in [0.1, 0.15) is 5.75 Å². The zero-order valence-electron chi connectivity index (χ0n) is 15.8. The van der Waals surface area contributed by atoms with Crippen LogP contribution in [0.3, 0.4) is 0 Å². The number of Topliss-reactive ketones (excluding diaryl/α,β-unsaturated/α-hetero) is 1. The standard InChI is InChI=1S/C21H21N3O4/c1-14-6-3-4-9-17(14)18(25)10-11-19(26)22-13-20-23-24-21(28-20)15-7-5-8-16(12-15)27-2/h3-9,12H,10-11,13H2,1-2H3,(H,22,26). The summed E-state index contributed by atoms with van der Waals surface area (Å²) in [6.45, 7) is 1.98. The van der Waals surface area contributed by atoms with Gasteiger partial charge in [-0.15, -0.1) is 10.2 Å². The molecule has 144 valence electrons. The van der Waals surface area contributed by atoms with E-state index in [4.69, 9.17) is 9.15 Å². The van der Waals surface area contributed by atoms with Crippen molar-refractivity contribution in [2.75, 3.05) is 7.11 Å². The first kappa shape index (κ1) is 19.3. The van der Waals surface area contributed by atoms with Crippen LogP contribution in [-0.2, 0) is 11.3 Å². The summed E-state index contributed by atoms with van der Waals surface area (Å²) < 4.78 is 10.7. The van der Waals surface area contributed by atoms with Gasteiger partial charge >= 0.3 is 0 Å². The number of hydrogen-bond acceptors (Lipinski definition) is 6. The number of methoxy groups -OCH3 is 1. The maximum Gasteiger partial charge on any atom is 0.247 e. The lowest BCUT2D eigenvalue weighted by molar-refractivity contribution is -0.121. The Bertz CT molecular complexity index is 981. The molecule has 0 unspecified atom stereocenters. The van der Waals surface area contributed by atoms with Gasteiger partial charge in [0.25, 0.3) is 0 Å². The van der Waals surface area contributed by atoms with Gasteiger partial charge in [0.05, 0.1) is 13.7 Å². The van der Waals surface area contributed by atoms with Crippen LogP contribution in [0.4, 0.5) is 0 Å². The van der Waals surface area contributed by atoms with Crippen LogP contribution in [0.1, 0.15) is 34.7 Å². The van der Waals surface area contributed by atoms with Crippen LogP contribution in [0, 0.1) is 6.92 Å². The minimum absolute atomic E-state index is 0.0497. The number of rotatable bonds is 8. The number of aromatic nitrogens is 2. The van der Waals surface area contributed by atoms with Crippen molar-refractivity contribution in [1.82, 2.24) is 15.5 Å². The highest BCUT2D eigenvalue weighted by atomic mass is 16.5. The topological polar surface area (TPSA) is 94.3 Å². The van der Waals surface area contributed by atoms with Gasteiger partial charge in [-0.1, -0.05) is 30.3 Å². The van der Waals surface area contributed by atoms with Crippen LogP contribution in [0.5, 0.6) is 5.75 Å². The molecule has 3 rings (SSSR count). The van der Waals surface area contributed by atoms with Crippen molar-refractivity contribution in [2.45, 2.75) is 26.3 Å². The van der Waals surface area contributed by atoms with Crippen LogP contribution >= 0.6 is 0 Å². The van der Waals surface area contributed by atoms with E-state index in [1.807, 2.05) is 43.3 Å². The quantitative estimate of drug-likeness (QED) is 0.603. The Labute approximate surface area is 162 Å². The minimum Gasteiger partial charge on any atom is -0.497 e. The van der Waals surface area contributed by atoms with Gasteiger partial charge in [-0.25, -0.2) is 0 Å². The van der Waals surface area contributed by atoms with E-state index in [0.717, 1.165) is 11.1 Å². The third-order valence-electron chi connectivity index (χ3n) is 4.24. The zero-order chi connectivity index (χ0) is 19.9. The van der Waals surface area contributed by atoms with Gasteiger partial charge < -0.3 is 14.5 Å². The predicted molar refractivity (Wildman–Crippen MR) is 103 cm³/mol. The number of nitrogens with zero attached hydrogens (tertiary/aromatic N) is 2. The molecule has 1 aromatic heterocycles. The average molecular weight is 379 g/mol. The van der Waals surface area contributed by atoms with Crippen molar-refractivity contribution < 1.29 is 18.7 Å². The molecular formula is C21H21N3O4. The Balaban J connectivity index is 1.50. The molecule has 0 radical (unpaired) electrons. The van der Waals surface area contributed by atoms with Crippen LogP contribution in [0.25, 0.3) is 11.5 Å². The van der Waals surface area contributed by atoms with E-state index in [0.29, 0.717) is 17.2 Å². The molecule has 0 saturated heterocycles. The SMILES string of the molecule is COc1cccc(-c2nnc(CNC(=O)CCC(=O)c3ccccc3C)o2)c1. The molecule has 3 aromatic rings. The molecule has 0 fully saturated rings. The lowest BCUT2D eigenvalue weighted by atomic mass is 10.0. The first-order valence-electron chi connectivity index (χ1n) is 8.89. The lowest BCUT2D eigenvalue weighted by Crippen LogP contribution is -2.23. The van der Waals surface area contributed by atoms with Gasteiger partial charge in [-0.3, -0.25) is 9.59 Å². The summed E-state index contributed by atoms with van der Waals surface area (Å²) in [5.74, 6) is 1.02. The summed E-state index contributed by atoms with van der Waals surface area (Å²) in [6.07, 6.45) is 0.250. The Morgan fingerprint density at radius 2 is 1.89 bits per heavy atom. The molecule has 0 bridgehead atoms. The van der Waals surface area contributed by atoms with Crippen molar-refractivity contribution in [3.05, 3.63) is 65.5 Å². The zero-order valence-corrected chi connectivity index (χ0v) is 15.8. The predicted octanol–water partition coefficient (Wildman–Crippen LogP) is 3.33. The Hall–Kier alpha value is -3.48. The Kier molecular flexibility index (Phi) is 6.16. The van der Waals surface area contributed by atoms with E-state index in [9.17, 15) is 9.59 Å². The van der Waals surface area contributed by atoms with E-state index >= 15 is 0 Å². The minimum atomic E-state index is -0.247. The second-order valence-corrected chi connectivity index (χ2v) is 6.25. The molecule has 0 aliphatic rings. The normalized spacial score (nSPS) is 10.5. The number of nitrogens with one attached hydrogen (secondary N) is 1. The fourth-order valence-corrected chi connectivity index (χ4v) is 2.71. The number of carbonyl (C=O) groups is 2. The van der Waals surface area contributed by atoms with Gasteiger partial charge in [-0.2, -0.15) is 0 Å². The maximum absolute atomic E-state index is 12.2. The van der Waals surface area contributed by atoms with Crippen molar-refractivity contribution in [3.63, 3.8) is 0 Å². The van der Waals surface area contributed by atoms with E-state index in [-0.39, 0.29) is 37.0 Å². The molecule has 0 aliphatic heterocycles. The molecule has 0 atom stereocenters. The van der Waals surface area contributed by atoms with Crippen LogP contribution in [0.15, 0.2) is 52.9 Å². The summed E-state index contributed by atoms with van der Waals surface area (Å²) in [5, 5.41) is 10.6. The van der Waals surface area contributed by atoms with Gasteiger partial charge in [-0.05, 0) is 30.7 Å². The number of amides is 1. The van der Waals surface area contributed by atoms with Crippen molar-refractivity contribution in [3.8, 4) is 17.2 Å². The molecule has 7 nitrogen and oxygen atoms in total. The third kappa shape index (κ3) is 4.82. The van der Waals surface area contributed by atoms with Crippen LogP contribution < -0.4 is 10.1 Å². The number of hydrogen-bond donors (Lipinski definition) is 1. The van der Waals surface area contributed by atoms with E-state index in [1.165, 1.54) is 0 Å². The summed E-state index contributed by atoms with van der Waals surface area (Å²) in [4.78, 5) is 24.3. The third-order valence-corrected chi connectivity index (χ3v) is 4.24. The summed E-state index contributed by atoms with van der Waals surface area (Å²) in [6, 6.07) is 14.6. The highest BCUT2D eigenvalue weighted by molar-refractivity contribution is 5.99. The van der Waals surface area contributed by atoms with Gasteiger partial charge in [0.2, 0.25) is 17.7 Å². The number of benzene rings is 2. The van der Waals surface area contributed by atoms with Crippen molar-refractivity contribution >= 4 is 11.7 Å². The Morgan fingerprint density at radius 1 is 1.07 bits per heavy atom. The molecule has 28 heavy (non-hydrogen) atoms. The molecule has 2 aromatic carbocycles. The molecule has 1 N–H and O–H groups in total. The highest BCUT2D eigenvalue weighted by Gasteiger charge is 2.13. The molecule has 1 amide bonds.